The summed E-state index contributed by atoms with van der Waals surface area (Å²) in [6, 6.07) is 12.0. The van der Waals surface area contributed by atoms with Crippen molar-refractivity contribution in [1.82, 2.24) is 15.2 Å². The molecule has 2 fully saturated rings. The van der Waals surface area contributed by atoms with Crippen LogP contribution in [0.5, 0.6) is 5.75 Å². The molecule has 3 aliphatic rings. The van der Waals surface area contributed by atoms with E-state index in [1.165, 1.54) is 23.5 Å². The normalized spacial score (nSPS) is 23.1. The first kappa shape index (κ1) is 23.2. The number of fused-ring (bicyclic) bond motifs is 2. The Bertz CT molecular complexity index is 1380. The van der Waals surface area contributed by atoms with Crippen LogP contribution >= 0.6 is 11.3 Å². The summed E-state index contributed by atoms with van der Waals surface area (Å²) < 4.78 is 20.0. The number of piperidine rings is 1. The lowest BCUT2D eigenvalue weighted by molar-refractivity contribution is 0.0683. The lowest BCUT2D eigenvalue weighted by Gasteiger charge is -2.28. The standard InChI is InChI=1S/C28H28FN3O3S/c1-15-31-23(25(36-15)16-6-4-8-19(29)10-16)27(34)32-20(11-18-12-22(18)32)14-30-26(33)21-9-5-7-17-13-28(2,3)35-24(17)21/h4-10,18,20,22H,11-14H2,1-3H3,(H,30,33)/t18?,20-,22?/m0/s1. The number of para-hydroxylation sites is 1. The van der Waals surface area contributed by atoms with Crippen LogP contribution in [0.25, 0.3) is 10.4 Å². The van der Waals surface area contributed by atoms with Gasteiger partial charge in [0.15, 0.2) is 0 Å². The van der Waals surface area contributed by atoms with Gasteiger partial charge in [-0.25, -0.2) is 9.37 Å². The summed E-state index contributed by atoms with van der Waals surface area (Å²) in [7, 11) is 0. The number of hydrogen-bond donors (Lipinski definition) is 1. The van der Waals surface area contributed by atoms with Gasteiger partial charge in [0.05, 0.1) is 21.5 Å². The zero-order valence-corrected chi connectivity index (χ0v) is 21.3. The molecule has 1 saturated carbocycles. The monoisotopic (exact) mass is 505 g/mol. The fourth-order valence-electron chi connectivity index (χ4n) is 5.68. The smallest absolute Gasteiger partial charge is 0.274 e. The van der Waals surface area contributed by atoms with Gasteiger partial charge >= 0.3 is 0 Å². The predicted octanol–water partition coefficient (Wildman–Crippen LogP) is 5.00. The third-order valence-corrected chi connectivity index (χ3v) is 8.32. The SMILES string of the molecule is Cc1nc(C(=O)N2C3CC3C[C@H]2CNC(=O)c2cccc3c2OC(C)(C)C3)c(-c2cccc(F)c2)s1. The van der Waals surface area contributed by atoms with Gasteiger partial charge in [-0.1, -0.05) is 24.3 Å². The van der Waals surface area contributed by atoms with E-state index in [9.17, 15) is 14.0 Å². The first-order valence-corrected chi connectivity index (χ1v) is 13.2. The minimum Gasteiger partial charge on any atom is -0.486 e. The molecule has 1 aromatic heterocycles. The molecule has 2 aliphatic heterocycles. The highest BCUT2D eigenvalue weighted by Gasteiger charge is 2.54. The summed E-state index contributed by atoms with van der Waals surface area (Å²) in [5, 5.41) is 3.81. The van der Waals surface area contributed by atoms with Crippen molar-refractivity contribution in [2.75, 3.05) is 6.54 Å². The van der Waals surface area contributed by atoms with Crippen LogP contribution in [0.1, 0.15) is 58.1 Å². The molecule has 2 amide bonds. The number of aromatic nitrogens is 1. The molecular weight excluding hydrogens is 477 g/mol. The second kappa shape index (κ2) is 8.40. The number of halogens is 1. The Morgan fingerprint density at radius 2 is 2.03 bits per heavy atom. The summed E-state index contributed by atoms with van der Waals surface area (Å²) in [5.74, 6) is 0.426. The van der Waals surface area contributed by atoms with Gasteiger partial charge in [0.25, 0.3) is 11.8 Å². The van der Waals surface area contributed by atoms with Crippen LogP contribution < -0.4 is 10.1 Å². The first-order chi connectivity index (χ1) is 17.2. The molecule has 1 N–H and O–H groups in total. The largest absolute Gasteiger partial charge is 0.486 e. The van der Waals surface area contributed by atoms with Gasteiger partial charge in [-0.3, -0.25) is 9.59 Å². The molecule has 0 spiro atoms. The number of benzene rings is 2. The summed E-state index contributed by atoms with van der Waals surface area (Å²) in [5.41, 5.74) is 2.25. The topological polar surface area (TPSA) is 71.5 Å². The number of amides is 2. The second-order valence-electron chi connectivity index (χ2n) is 10.6. The van der Waals surface area contributed by atoms with Gasteiger partial charge in [0.2, 0.25) is 0 Å². The van der Waals surface area contributed by atoms with Crippen molar-refractivity contribution in [3.8, 4) is 16.2 Å². The van der Waals surface area contributed by atoms with Crippen LogP contribution in [0.15, 0.2) is 42.5 Å². The molecule has 0 radical (unpaired) electrons. The number of ether oxygens (including phenoxy) is 1. The lowest BCUT2D eigenvalue weighted by Crippen LogP contribution is -2.45. The Hall–Kier alpha value is -3.26. The molecular formula is C28H28FN3O3S. The third-order valence-electron chi connectivity index (χ3n) is 7.30. The van der Waals surface area contributed by atoms with E-state index in [4.69, 9.17) is 4.74 Å². The van der Waals surface area contributed by atoms with Gasteiger partial charge in [0.1, 0.15) is 22.9 Å². The van der Waals surface area contributed by atoms with E-state index in [-0.39, 0.29) is 35.3 Å². The first-order valence-electron chi connectivity index (χ1n) is 12.4. The Labute approximate surface area is 213 Å². The minimum absolute atomic E-state index is 0.110. The van der Waals surface area contributed by atoms with Crippen molar-refractivity contribution >= 4 is 23.2 Å². The van der Waals surface area contributed by atoms with Crippen molar-refractivity contribution in [3.05, 3.63) is 70.1 Å². The van der Waals surface area contributed by atoms with E-state index in [1.54, 1.807) is 18.2 Å². The van der Waals surface area contributed by atoms with Gasteiger partial charge in [-0.2, -0.15) is 0 Å². The number of thiazole rings is 1. The number of carbonyl (C=O) groups is 2. The number of rotatable bonds is 5. The molecule has 36 heavy (non-hydrogen) atoms. The summed E-state index contributed by atoms with van der Waals surface area (Å²) in [6.07, 6.45) is 2.59. The van der Waals surface area contributed by atoms with Crippen LogP contribution in [0, 0.1) is 18.7 Å². The average Bonchev–Trinajstić information content (AvgIpc) is 3.16. The molecule has 6 rings (SSSR count). The van der Waals surface area contributed by atoms with Crippen molar-refractivity contribution in [3.63, 3.8) is 0 Å². The van der Waals surface area contributed by atoms with Gasteiger partial charge < -0.3 is 15.0 Å². The number of aryl methyl sites for hydroxylation is 1. The molecule has 3 aromatic rings. The highest BCUT2D eigenvalue weighted by Crippen LogP contribution is 2.49. The molecule has 2 aromatic carbocycles. The molecule has 3 heterocycles. The number of carbonyl (C=O) groups excluding carboxylic acids is 2. The summed E-state index contributed by atoms with van der Waals surface area (Å²) in [6.45, 7) is 6.25. The number of nitrogens with zero attached hydrogens (tertiary/aromatic N) is 2. The molecule has 3 atom stereocenters. The van der Waals surface area contributed by atoms with E-state index in [2.05, 4.69) is 10.3 Å². The van der Waals surface area contributed by atoms with Crippen LogP contribution in [-0.4, -0.2) is 45.9 Å². The molecule has 6 nitrogen and oxygen atoms in total. The molecule has 186 valence electrons. The fourth-order valence-corrected chi connectivity index (χ4v) is 6.58. The van der Waals surface area contributed by atoms with Gasteiger partial charge in [-0.05, 0) is 68.9 Å². The Morgan fingerprint density at radius 3 is 2.83 bits per heavy atom. The molecule has 1 saturated heterocycles. The predicted molar refractivity (Wildman–Crippen MR) is 136 cm³/mol. The third kappa shape index (κ3) is 4.07. The maximum atomic E-state index is 13.9. The zero-order chi connectivity index (χ0) is 25.2. The summed E-state index contributed by atoms with van der Waals surface area (Å²) >= 11 is 1.40. The highest BCUT2D eigenvalue weighted by molar-refractivity contribution is 7.15. The average molecular weight is 506 g/mol. The Kier molecular flexibility index (Phi) is 5.41. The maximum Gasteiger partial charge on any atom is 0.274 e. The minimum atomic E-state index is -0.347. The Morgan fingerprint density at radius 1 is 1.22 bits per heavy atom. The quantitative estimate of drug-likeness (QED) is 0.530. The van der Waals surface area contributed by atoms with E-state index >= 15 is 0 Å². The van der Waals surface area contributed by atoms with Gasteiger partial charge in [0, 0.05) is 19.0 Å². The summed E-state index contributed by atoms with van der Waals surface area (Å²) in [4.78, 5) is 34.0. The number of hydrogen-bond acceptors (Lipinski definition) is 5. The molecule has 8 heteroatoms. The van der Waals surface area contributed by atoms with E-state index in [1.807, 2.05) is 37.8 Å². The van der Waals surface area contributed by atoms with Crippen molar-refractivity contribution < 1.29 is 18.7 Å². The van der Waals surface area contributed by atoms with Crippen molar-refractivity contribution in [1.29, 1.82) is 0 Å². The van der Waals surface area contributed by atoms with Crippen LogP contribution in [0.3, 0.4) is 0 Å². The highest BCUT2D eigenvalue weighted by atomic mass is 32.1. The van der Waals surface area contributed by atoms with Gasteiger partial charge in [-0.15, -0.1) is 11.3 Å². The second-order valence-corrected chi connectivity index (χ2v) is 11.8. The van der Waals surface area contributed by atoms with Crippen LogP contribution in [0.4, 0.5) is 4.39 Å². The Balaban J connectivity index is 1.21. The van der Waals surface area contributed by atoms with E-state index < -0.39 is 0 Å². The molecule has 0 bridgehead atoms. The van der Waals surface area contributed by atoms with Crippen LogP contribution in [-0.2, 0) is 6.42 Å². The van der Waals surface area contributed by atoms with Crippen molar-refractivity contribution in [2.45, 2.75) is 57.7 Å². The molecule has 2 unspecified atom stereocenters. The molecule has 1 aliphatic carbocycles. The number of likely N-dealkylation sites (tertiary alicyclic amines) is 1. The van der Waals surface area contributed by atoms with Crippen molar-refractivity contribution in [2.24, 2.45) is 5.92 Å². The van der Waals surface area contributed by atoms with E-state index in [0.717, 1.165) is 29.8 Å². The zero-order valence-electron chi connectivity index (χ0n) is 20.5. The lowest BCUT2D eigenvalue weighted by atomic mass is 10.0. The maximum absolute atomic E-state index is 13.9. The van der Waals surface area contributed by atoms with E-state index in [0.29, 0.717) is 39.9 Å². The van der Waals surface area contributed by atoms with Crippen LogP contribution in [0.2, 0.25) is 0 Å². The number of nitrogens with one attached hydrogen (secondary N) is 1. The fraction of sp³-hybridized carbons (Fsp3) is 0.393.